The smallest absolute Gasteiger partial charge is 0.248 e. The Balaban J connectivity index is 2.19. The van der Waals surface area contributed by atoms with Crippen LogP contribution in [-0.4, -0.2) is 74.6 Å². The molecule has 1 N–H and O–H groups in total. The van der Waals surface area contributed by atoms with Crippen molar-refractivity contribution in [3.63, 3.8) is 0 Å². The van der Waals surface area contributed by atoms with Crippen LogP contribution in [0.5, 0.6) is 0 Å². The van der Waals surface area contributed by atoms with E-state index in [1.54, 1.807) is 4.90 Å². The number of nitrogens with one attached hydrogen (secondary N) is 1. The van der Waals surface area contributed by atoms with Gasteiger partial charge in [0, 0.05) is 39.8 Å². The summed E-state index contributed by atoms with van der Waals surface area (Å²) < 4.78 is 4.83. The number of rotatable bonds is 7. The molecule has 0 bridgehead atoms. The van der Waals surface area contributed by atoms with Gasteiger partial charge in [-0.05, 0) is 6.42 Å². The van der Waals surface area contributed by atoms with Gasteiger partial charge in [-0.1, -0.05) is 13.3 Å². The third-order valence-electron chi connectivity index (χ3n) is 3.21. The van der Waals surface area contributed by atoms with Gasteiger partial charge in [-0.15, -0.1) is 0 Å². The van der Waals surface area contributed by atoms with Crippen molar-refractivity contribution in [2.75, 3.05) is 53.0 Å². The Hall–Kier alpha value is -1.14. The molecule has 0 unspecified atom stereocenters. The molecule has 0 aliphatic carbocycles. The summed E-state index contributed by atoms with van der Waals surface area (Å²) in [5.41, 5.74) is 0. The predicted molar refractivity (Wildman–Crippen MR) is 72.8 cm³/mol. The van der Waals surface area contributed by atoms with Crippen LogP contribution in [0.4, 0.5) is 0 Å². The van der Waals surface area contributed by atoms with Crippen LogP contribution in [0.2, 0.25) is 0 Å². The van der Waals surface area contributed by atoms with Crippen LogP contribution in [-0.2, 0) is 14.3 Å². The Morgan fingerprint density at radius 2 is 1.89 bits per heavy atom. The van der Waals surface area contributed by atoms with Gasteiger partial charge >= 0.3 is 0 Å². The van der Waals surface area contributed by atoms with Gasteiger partial charge in [0.25, 0.3) is 0 Å². The first-order valence-corrected chi connectivity index (χ1v) is 6.93. The summed E-state index contributed by atoms with van der Waals surface area (Å²) >= 11 is 0. The van der Waals surface area contributed by atoms with Crippen molar-refractivity contribution in [1.29, 1.82) is 0 Å². The molecular weight excluding hydrogens is 246 g/mol. The second-order valence-corrected chi connectivity index (χ2v) is 4.79. The largest absolute Gasteiger partial charge is 0.375 e. The maximum atomic E-state index is 11.7. The van der Waals surface area contributed by atoms with Gasteiger partial charge in [0.2, 0.25) is 11.8 Å². The van der Waals surface area contributed by atoms with Crippen molar-refractivity contribution in [1.82, 2.24) is 15.1 Å². The third-order valence-corrected chi connectivity index (χ3v) is 3.21. The number of unbranched alkanes of at least 4 members (excludes halogenated alkanes) is 1. The molecule has 110 valence electrons. The molecule has 6 nitrogen and oxygen atoms in total. The number of carbonyl (C=O) groups is 2. The number of carbonyl (C=O) groups excluding carboxylic acids is 2. The van der Waals surface area contributed by atoms with Crippen LogP contribution < -0.4 is 5.32 Å². The third kappa shape index (κ3) is 6.02. The summed E-state index contributed by atoms with van der Waals surface area (Å²) in [6, 6.07) is 0. The van der Waals surface area contributed by atoms with E-state index in [4.69, 9.17) is 4.74 Å². The molecule has 1 aliphatic heterocycles. The topological polar surface area (TPSA) is 61.9 Å². The second-order valence-electron chi connectivity index (χ2n) is 4.79. The number of hydrogen-bond donors (Lipinski definition) is 1. The van der Waals surface area contributed by atoms with Gasteiger partial charge in [0.1, 0.15) is 6.61 Å². The van der Waals surface area contributed by atoms with Crippen LogP contribution in [0.25, 0.3) is 0 Å². The second kappa shape index (κ2) is 8.87. The summed E-state index contributed by atoms with van der Waals surface area (Å²) in [7, 11) is 1.52. The predicted octanol–water partition coefficient (Wildman–Crippen LogP) is -0.307. The number of hydrogen-bond acceptors (Lipinski definition) is 4. The highest BCUT2D eigenvalue weighted by atomic mass is 16.5. The van der Waals surface area contributed by atoms with E-state index in [-0.39, 0.29) is 18.4 Å². The highest BCUT2D eigenvalue weighted by Gasteiger charge is 2.21. The molecule has 0 radical (unpaired) electrons. The number of amides is 2. The first-order valence-electron chi connectivity index (χ1n) is 6.93. The Labute approximate surface area is 115 Å². The minimum Gasteiger partial charge on any atom is -0.375 e. The van der Waals surface area contributed by atoms with E-state index in [9.17, 15) is 9.59 Å². The van der Waals surface area contributed by atoms with E-state index in [1.807, 2.05) is 0 Å². The van der Waals surface area contributed by atoms with Crippen LogP contribution in [0.15, 0.2) is 0 Å². The van der Waals surface area contributed by atoms with Crippen LogP contribution in [0.1, 0.15) is 19.8 Å². The molecule has 19 heavy (non-hydrogen) atoms. The molecule has 0 spiro atoms. The van der Waals surface area contributed by atoms with Crippen LogP contribution in [0, 0.1) is 0 Å². The zero-order valence-corrected chi connectivity index (χ0v) is 12.0. The van der Waals surface area contributed by atoms with E-state index >= 15 is 0 Å². The zero-order valence-electron chi connectivity index (χ0n) is 12.0. The van der Waals surface area contributed by atoms with Gasteiger partial charge < -0.3 is 15.0 Å². The summed E-state index contributed by atoms with van der Waals surface area (Å²) in [6.07, 6.45) is 2.10. The molecule has 6 heteroatoms. The molecule has 0 saturated carbocycles. The van der Waals surface area contributed by atoms with Crippen LogP contribution in [0.3, 0.4) is 0 Å². The normalized spacial score (nSPS) is 16.4. The Morgan fingerprint density at radius 1 is 1.21 bits per heavy atom. The lowest BCUT2D eigenvalue weighted by atomic mass is 10.3. The van der Waals surface area contributed by atoms with Crippen molar-refractivity contribution >= 4 is 11.8 Å². The van der Waals surface area contributed by atoms with Crippen molar-refractivity contribution in [2.45, 2.75) is 19.8 Å². The first kappa shape index (κ1) is 15.9. The highest BCUT2D eigenvalue weighted by molar-refractivity contribution is 5.78. The molecule has 1 aliphatic rings. The van der Waals surface area contributed by atoms with Crippen molar-refractivity contribution in [2.24, 2.45) is 0 Å². The van der Waals surface area contributed by atoms with Crippen molar-refractivity contribution in [3.8, 4) is 0 Å². The van der Waals surface area contributed by atoms with Gasteiger partial charge in [-0.2, -0.15) is 0 Å². The summed E-state index contributed by atoms with van der Waals surface area (Å²) in [5.74, 6) is 0.0969. The quantitative estimate of drug-likeness (QED) is 0.645. The van der Waals surface area contributed by atoms with Gasteiger partial charge in [-0.3, -0.25) is 14.5 Å². The maximum absolute atomic E-state index is 11.7. The molecule has 0 aromatic carbocycles. The summed E-state index contributed by atoms with van der Waals surface area (Å²) in [6.45, 7) is 6.25. The number of methoxy groups -OCH3 is 1. The number of piperazine rings is 1. The van der Waals surface area contributed by atoms with Crippen LogP contribution >= 0.6 is 0 Å². The van der Waals surface area contributed by atoms with Gasteiger partial charge in [0.05, 0.1) is 6.54 Å². The molecule has 0 atom stereocenters. The SMILES string of the molecule is CCCCNC(=O)CN1CCN(C(=O)COC)CC1. The minimum absolute atomic E-state index is 0.0227. The molecule has 0 aromatic rings. The molecule has 1 saturated heterocycles. The monoisotopic (exact) mass is 271 g/mol. The average Bonchev–Trinajstić information content (AvgIpc) is 2.40. The van der Waals surface area contributed by atoms with Crippen molar-refractivity contribution in [3.05, 3.63) is 0 Å². The average molecular weight is 271 g/mol. The molecule has 1 fully saturated rings. The highest BCUT2D eigenvalue weighted by Crippen LogP contribution is 2.02. The summed E-state index contributed by atoms with van der Waals surface area (Å²) in [5, 5.41) is 2.90. The lowest BCUT2D eigenvalue weighted by Crippen LogP contribution is -2.51. The standard InChI is InChI=1S/C13H25N3O3/c1-3-4-5-14-12(17)10-15-6-8-16(9-7-15)13(18)11-19-2/h3-11H2,1-2H3,(H,14,17). The molecule has 2 amide bonds. The first-order chi connectivity index (χ1) is 9.17. The van der Waals surface area contributed by atoms with E-state index < -0.39 is 0 Å². The lowest BCUT2D eigenvalue weighted by molar-refractivity contribution is -0.137. The Morgan fingerprint density at radius 3 is 2.47 bits per heavy atom. The zero-order chi connectivity index (χ0) is 14.1. The van der Waals surface area contributed by atoms with E-state index in [0.29, 0.717) is 19.6 Å². The fraction of sp³-hybridized carbons (Fsp3) is 0.846. The fourth-order valence-electron chi connectivity index (χ4n) is 2.03. The molecular formula is C13H25N3O3. The molecule has 1 heterocycles. The fourth-order valence-corrected chi connectivity index (χ4v) is 2.03. The van der Waals surface area contributed by atoms with Crippen molar-refractivity contribution < 1.29 is 14.3 Å². The lowest BCUT2D eigenvalue weighted by Gasteiger charge is -2.34. The minimum atomic E-state index is 0.0227. The van der Waals surface area contributed by atoms with E-state index in [0.717, 1.165) is 32.5 Å². The Kier molecular flexibility index (Phi) is 7.43. The Bertz CT molecular complexity index is 289. The maximum Gasteiger partial charge on any atom is 0.248 e. The molecule has 1 rings (SSSR count). The molecule has 0 aromatic heterocycles. The van der Waals surface area contributed by atoms with Gasteiger partial charge in [-0.25, -0.2) is 0 Å². The van der Waals surface area contributed by atoms with E-state index in [2.05, 4.69) is 17.1 Å². The number of ether oxygens (including phenoxy) is 1. The summed E-state index contributed by atoms with van der Waals surface area (Å²) in [4.78, 5) is 27.1. The number of nitrogens with zero attached hydrogens (tertiary/aromatic N) is 2. The van der Waals surface area contributed by atoms with Gasteiger partial charge in [0.15, 0.2) is 0 Å². The van der Waals surface area contributed by atoms with E-state index in [1.165, 1.54) is 7.11 Å².